The summed E-state index contributed by atoms with van der Waals surface area (Å²) in [6, 6.07) is 29.5. The minimum atomic E-state index is -0.171. The fourth-order valence-corrected chi connectivity index (χ4v) is 6.27. The molecule has 1 N–H and O–H groups in total. The van der Waals surface area contributed by atoms with Crippen LogP contribution in [0.15, 0.2) is 97.2 Å². The van der Waals surface area contributed by atoms with Gasteiger partial charge >= 0.3 is 0 Å². The molecule has 0 unspecified atom stereocenters. The molecular formula is C33H28Cl2N4OS. The lowest BCUT2D eigenvalue weighted by Gasteiger charge is -2.28. The standard InChI is InChI=1S/C33H28Cl2N4OS/c1-20-9-4-5-13-29(20)40-24-16-14-23(15-17-24)39-32(31(37-33(39)41)27-11-6-7-18-36-27)25-19-21(2)38(22(25)3)28-12-8-10-26(34)30(28)35/h4-19,31-32H,1-3H3,(H,37,41)/t31-,32+/m0/s1. The fourth-order valence-electron chi connectivity index (χ4n) is 5.54. The maximum atomic E-state index is 6.68. The number of nitrogens with zero attached hydrogens (tertiary/aromatic N) is 3. The number of halogens is 2. The lowest BCUT2D eigenvalue weighted by Crippen LogP contribution is -2.29. The number of thiocarbonyl (C=S) groups is 1. The van der Waals surface area contributed by atoms with E-state index in [0.717, 1.165) is 51.1 Å². The van der Waals surface area contributed by atoms with Crippen molar-refractivity contribution in [1.29, 1.82) is 0 Å². The first-order valence-corrected chi connectivity index (χ1v) is 14.5. The summed E-state index contributed by atoms with van der Waals surface area (Å²) >= 11 is 19.0. The van der Waals surface area contributed by atoms with E-state index >= 15 is 0 Å². The van der Waals surface area contributed by atoms with Crippen molar-refractivity contribution < 1.29 is 4.74 Å². The number of hydrogen-bond donors (Lipinski definition) is 1. The maximum absolute atomic E-state index is 6.68. The second-order valence-corrected chi connectivity index (χ2v) is 11.3. The zero-order valence-corrected chi connectivity index (χ0v) is 25.1. The topological polar surface area (TPSA) is 42.3 Å². The molecular weight excluding hydrogens is 571 g/mol. The highest BCUT2D eigenvalue weighted by molar-refractivity contribution is 7.80. The molecule has 1 aliphatic heterocycles. The van der Waals surface area contributed by atoms with Gasteiger partial charge in [-0.05, 0) is 105 Å². The van der Waals surface area contributed by atoms with Gasteiger partial charge in [0.2, 0.25) is 0 Å². The molecule has 5 nitrogen and oxygen atoms in total. The maximum Gasteiger partial charge on any atom is 0.174 e. The molecule has 0 aliphatic carbocycles. The van der Waals surface area contributed by atoms with E-state index in [-0.39, 0.29) is 12.1 Å². The molecule has 0 bridgehead atoms. The van der Waals surface area contributed by atoms with Gasteiger partial charge in [0, 0.05) is 23.3 Å². The number of hydrogen-bond acceptors (Lipinski definition) is 3. The highest BCUT2D eigenvalue weighted by Gasteiger charge is 2.42. The first-order valence-electron chi connectivity index (χ1n) is 13.3. The molecule has 8 heteroatoms. The third-order valence-corrected chi connectivity index (χ3v) is 8.62. The molecule has 2 aromatic heterocycles. The van der Waals surface area contributed by atoms with Gasteiger partial charge in [0.15, 0.2) is 5.11 Å². The Kier molecular flexibility index (Phi) is 7.47. The van der Waals surface area contributed by atoms with Crippen molar-refractivity contribution >= 4 is 46.2 Å². The fraction of sp³-hybridized carbons (Fsp3) is 0.152. The second-order valence-electron chi connectivity index (χ2n) is 10.1. The third kappa shape index (κ3) is 5.08. The number of pyridine rings is 1. The Morgan fingerprint density at radius 1 is 0.878 bits per heavy atom. The van der Waals surface area contributed by atoms with E-state index < -0.39 is 0 Å². The van der Waals surface area contributed by atoms with Crippen LogP contribution in [0, 0.1) is 20.8 Å². The first kappa shape index (κ1) is 27.3. The van der Waals surface area contributed by atoms with Crippen molar-refractivity contribution in [2.24, 2.45) is 0 Å². The van der Waals surface area contributed by atoms with Crippen molar-refractivity contribution in [2.45, 2.75) is 32.9 Å². The Morgan fingerprint density at radius 2 is 1.63 bits per heavy atom. The van der Waals surface area contributed by atoms with Gasteiger partial charge in [-0.25, -0.2) is 0 Å². The Labute approximate surface area is 255 Å². The quantitative estimate of drug-likeness (QED) is 0.197. The molecule has 0 amide bonds. The molecule has 3 aromatic carbocycles. The van der Waals surface area contributed by atoms with Gasteiger partial charge in [0.05, 0.1) is 33.5 Å². The largest absolute Gasteiger partial charge is 0.457 e. The summed E-state index contributed by atoms with van der Waals surface area (Å²) in [4.78, 5) is 6.86. The van der Waals surface area contributed by atoms with Crippen LogP contribution >= 0.6 is 35.4 Å². The highest BCUT2D eigenvalue weighted by Crippen LogP contribution is 2.44. The van der Waals surface area contributed by atoms with Crippen molar-refractivity contribution in [3.63, 3.8) is 0 Å². The summed E-state index contributed by atoms with van der Waals surface area (Å²) in [5, 5.41) is 5.22. The number of nitrogens with one attached hydrogen (secondary N) is 1. The average Bonchev–Trinajstić information content (AvgIpc) is 3.47. The normalized spacial score (nSPS) is 16.6. The number of benzene rings is 3. The average molecular weight is 600 g/mol. The van der Waals surface area contributed by atoms with Crippen LogP contribution in [-0.2, 0) is 0 Å². The molecule has 41 heavy (non-hydrogen) atoms. The summed E-state index contributed by atoms with van der Waals surface area (Å²) < 4.78 is 8.31. The van der Waals surface area contributed by atoms with E-state index in [0.29, 0.717) is 15.2 Å². The van der Waals surface area contributed by atoms with E-state index in [4.69, 9.17) is 45.1 Å². The molecule has 1 aliphatic rings. The molecule has 0 saturated carbocycles. The highest BCUT2D eigenvalue weighted by atomic mass is 35.5. The third-order valence-electron chi connectivity index (χ3n) is 7.50. The van der Waals surface area contributed by atoms with E-state index in [1.54, 1.807) is 6.07 Å². The van der Waals surface area contributed by atoms with Crippen molar-refractivity contribution in [3.8, 4) is 17.2 Å². The number of rotatable bonds is 6. The van der Waals surface area contributed by atoms with Crippen LogP contribution in [0.4, 0.5) is 5.69 Å². The van der Waals surface area contributed by atoms with E-state index in [2.05, 4.69) is 34.7 Å². The Bertz CT molecular complexity index is 1740. The minimum absolute atomic E-state index is 0.168. The zero-order chi connectivity index (χ0) is 28.7. The molecule has 1 fully saturated rings. The van der Waals surface area contributed by atoms with Gasteiger partial charge in [-0.1, -0.05) is 53.5 Å². The van der Waals surface area contributed by atoms with E-state index in [1.807, 2.05) is 92.0 Å². The summed E-state index contributed by atoms with van der Waals surface area (Å²) in [5.41, 5.74) is 6.99. The molecule has 2 atom stereocenters. The Hall–Kier alpha value is -3.84. The molecule has 6 rings (SSSR count). The number of aromatic nitrogens is 2. The molecule has 0 spiro atoms. The molecule has 0 radical (unpaired) electrons. The lowest BCUT2D eigenvalue weighted by atomic mass is 9.96. The SMILES string of the molecule is Cc1ccccc1Oc1ccc(N2C(=S)N[C@@H](c3ccccn3)[C@H]2c2cc(C)n(-c3cccc(Cl)c3Cl)c2C)cc1. The van der Waals surface area contributed by atoms with Crippen molar-refractivity contribution in [3.05, 3.63) is 135 Å². The first-order chi connectivity index (χ1) is 19.8. The summed E-state index contributed by atoms with van der Waals surface area (Å²) in [7, 11) is 0. The van der Waals surface area contributed by atoms with Crippen LogP contribution in [0.25, 0.3) is 5.69 Å². The molecule has 1 saturated heterocycles. The summed E-state index contributed by atoms with van der Waals surface area (Å²) in [6.07, 6.45) is 1.81. The molecule has 3 heterocycles. The van der Waals surface area contributed by atoms with E-state index in [1.165, 1.54) is 0 Å². The Morgan fingerprint density at radius 3 is 2.37 bits per heavy atom. The van der Waals surface area contributed by atoms with Crippen molar-refractivity contribution in [2.75, 3.05) is 4.90 Å². The van der Waals surface area contributed by atoms with Crippen LogP contribution in [0.5, 0.6) is 11.5 Å². The van der Waals surface area contributed by atoms with Crippen LogP contribution < -0.4 is 15.0 Å². The van der Waals surface area contributed by atoms with Gasteiger partial charge in [0.1, 0.15) is 11.5 Å². The molecule has 206 valence electrons. The number of aryl methyl sites for hydroxylation is 2. The lowest BCUT2D eigenvalue weighted by molar-refractivity contribution is 0.479. The summed E-state index contributed by atoms with van der Waals surface area (Å²) in [5.74, 6) is 1.59. The Balaban J connectivity index is 1.43. The predicted molar refractivity (Wildman–Crippen MR) is 171 cm³/mol. The van der Waals surface area contributed by atoms with Gasteiger partial charge in [0.25, 0.3) is 0 Å². The van der Waals surface area contributed by atoms with Gasteiger partial charge in [-0.15, -0.1) is 0 Å². The van der Waals surface area contributed by atoms with Crippen LogP contribution in [0.3, 0.4) is 0 Å². The smallest absolute Gasteiger partial charge is 0.174 e. The van der Waals surface area contributed by atoms with Crippen LogP contribution in [-0.4, -0.2) is 14.7 Å². The minimum Gasteiger partial charge on any atom is -0.457 e. The van der Waals surface area contributed by atoms with E-state index in [9.17, 15) is 0 Å². The molecule has 5 aromatic rings. The van der Waals surface area contributed by atoms with Gasteiger partial charge in [-0.2, -0.15) is 0 Å². The second kappa shape index (κ2) is 11.2. The number of ether oxygens (including phenoxy) is 1. The van der Waals surface area contributed by atoms with Crippen LogP contribution in [0.2, 0.25) is 10.0 Å². The van der Waals surface area contributed by atoms with Crippen LogP contribution in [0.1, 0.15) is 40.3 Å². The summed E-state index contributed by atoms with van der Waals surface area (Å²) in [6.45, 7) is 6.22. The number of para-hydroxylation sites is 1. The van der Waals surface area contributed by atoms with Gasteiger partial charge in [-0.3, -0.25) is 4.98 Å². The zero-order valence-electron chi connectivity index (χ0n) is 22.8. The predicted octanol–water partition coefficient (Wildman–Crippen LogP) is 9.07. The van der Waals surface area contributed by atoms with Gasteiger partial charge < -0.3 is 19.5 Å². The monoisotopic (exact) mass is 598 g/mol. The van der Waals surface area contributed by atoms with Crippen molar-refractivity contribution in [1.82, 2.24) is 14.9 Å². The number of anilines is 1.